The first kappa shape index (κ1) is 15.2. The van der Waals surface area contributed by atoms with Crippen LogP contribution in [-0.2, 0) is 9.59 Å². The number of hydrogen-bond donors (Lipinski definition) is 2. The number of halogens is 3. The first-order valence-electron chi connectivity index (χ1n) is 4.43. The van der Waals surface area contributed by atoms with Gasteiger partial charge in [0.05, 0.1) is 0 Å². The molecule has 1 rings (SSSR count). The zero-order valence-electron chi connectivity index (χ0n) is 8.82. The molecule has 1 aliphatic heterocycles. The number of carboxylic acid groups (broad SMARTS) is 1. The maximum atomic E-state index is 12.1. The Morgan fingerprint density at radius 1 is 1.47 bits per heavy atom. The van der Waals surface area contributed by atoms with E-state index in [1.807, 2.05) is 0 Å². The van der Waals surface area contributed by atoms with Crippen LogP contribution >= 0.6 is 0 Å². The summed E-state index contributed by atoms with van der Waals surface area (Å²) in [7, 11) is 1.07. The van der Waals surface area contributed by atoms with Gasteiger partial charge >= 0.3 is 12.3 Å². The van der Waals surface area contributed by atoms with E-state index in [1.54, 1.807) is 0 Å². The first-order valence-corrected chi connectivity index (χ1v) is 4.43. The van der Waals surface area contributed by atoms with Crippen molar-refractivity contribution in [2.75, 3.05) is 7.05 Å². The number of hydrogen-bond acceptors (Lipinski definition) is 3. The third-order valence-corrected chi connectivity index (χ3v) is 2.04. The number of nitrogens with zero attached hydrogens (tertiary/aromatic N) is 1. The lowest BCUT2D eigenvalue weighted by molar-refractivity contribution is -0.195. The highest BCUT2D eigenvalue weighted by Crippen LogP contribution is 2.33. The minimum absolute atomic E-state index is 0.216. The van der Waals surface area contributed by atoms with Gasteiger partial charge < -0.3 is 10.8 Å². The number of nitrogens with two attached hydrogens (primary N) is 1. The Labute approximate surface area is 94.2 Å². The first-order chi connectivity index (χ1) is 7.57. The van der Waals surface area contributed by atoms with Crippen LogP contribution in [0.2, 0.25) is 0 Å². The molecule has 3 N–H and O–H groups in total. The van der Waals surface area contributed by atoms with E-state index in [2.05, 4.69) is 5.73 Å². The molecule has 0 spiro atoms. The Hall–Kier alpha value is -1.80. The molecule has 17 heavy (non-hydrogen) atoms. The fraction of sp³-hybridized carbons (Fsp3) is 0.625. The Balaban J connectivity index is 0.000000557. The summed E-state index contributed by atoms with van der Waals surface area (Å²) in [5, 5.41) is 7.19. The molecule has 0 saturated carbocycles. The molecule has 0 aromatic rings. The minimum Gasteiger partial charge on any atom is -0.465 e. The van der Waals surface area contributed by atoms with E-state index in [0.717, 1.165) is 7.05 Å². The molecule has 1 heterocycles. The second-order valence-electron chi connectivity index (χ2n) is 3.26. The molecule has 98 valence electrons. The average molecular weight is 256 g/mol. The van der Waals surface area contributed by atoms with Gasteiger partial charge in [-0.25, -0.2) is 4.79 Å². The van der Waals surface area contributed by atoms with Gasteiger partial charge in [0, 0.05) is 13.5 Å². The van der Waals surface area contributed by atoms with Gasteiger partial charge in [0.2, 0.25) is 11.8 Å². The Morgan fingerprint density at radius 2 is 1.88 bits per heavy atom. The summed E-state index contributed by atoms with van der Waals surface area (Å²) in [6.45, 7) is 0. The molecular formula is C8H11F3N2O4. The lowest BCUT2D eigenvalue weighted by Crippen LogP contribution is -2.47. The normalized spacial score (nSPS) is 20.7. The predicted molar refractivity (Wildman–Crippen MR) is 48.8 cm³/mol. The topological polar surface area (TPSA) is 101 Å². The number of imide groups is 1. The van der Waals surface area contributed by atoms with Gasteiger partial charge in [-0.3, -0.25) is 14.5 Å². The molecule has 1 aliphatic rings. The van der Waals surface area contributed by atoms with Crippen LogP contribution in [0.15, 0.2) is 0 Å². The van der Waals surface area contributed by atoms with Crippen LogP contribution in [0.5, 0.6) is 0 Å². The van der Waals surface area contributed by atoms with Gasteiger partial charge in [-0.2, -0.15) is 13.2 Å². The molecule has 6 nitrogen and oxygen atoms in total. The predicted octanol–water partition coefficient (Wildman–Crippen LogP) is 0.567. The molecule has 0 bridgehead atoms. The molecule has 0 radical (unpaired) electrons. The lowest BCUT2D eigenvalue weighted by Gasteiger charge is -2.28. The van der Waals surface area contributed by atoms with Crippen molar-refractivity contribution in [3.8, 4) is 0 Å². The van der Waals surface area contributed by atoms with Crippen LogP contribution in [-0.4, -0.2) is 41.1 Å². The van der Waals surface area contributed by atoms with Crippen molar-refractivity contribution in [1.29, 1.82) is 0 Å². The maximum absolute atomic E-state index is 12.1. The van der Waals surface area contributed by atoms with E-state index < -0.39 is 36.4 Å². The highest BCUT2D eigenvalue weighted by molar-refractivity contribution is 5.98. The summed E-state index contributed by atoms with van der Waals surface area (Å²) < 4.78 is 36.4. The van der Waals surface area contributed by atoms with Gasteiger partial charge in [-0.1, -0.05) is 0 Å². The van der Waals surface area contributed by atoms with Crippen molar-refractivity contribution in [1.82, 2.24) is 4.90 Å². The third kappa shape index (κ3) is 4.70. The molecule has 1 atom stereocenters. The summed E-state index contributed by atoms with van der Waals surface area (Å²) in [6, 6.07) is 0. The van der Waals surface area contributed by atoms with Crippen molar-refractivity contribution < 1.29 is 32.7 Å². The summed E-state index contributed by atoms with van der Waals surface area (Å²) in [6.07, 6.45) is -6.51. The molecule has 3 amide bonds. The summed E-state index contributed by atoms with van der Waals surface area (Å²) in [5.74, 6) is -3.70. The zero-order valence-corrected chi connectivity index (χ0v) is 8.82. The zero-order chi connectivity index (χ0) is 13.8. The smallest absolute Gasteiger partial charge is 0.402 e. The number of carbonyl (C=O) groups is 3. The molecular weight excluding hydrogens is 245 g/mol. The largest absolute Gasteiger partial charge is 0.465 e. The number of amides is 3. The monoisotopic (exact) mass is 256 g/mol. The van der Waals surface area contributed by atoms with Crippen molar-refractivity contribution in [3.63, 3.8) is 0 Å². The minimum atomic E-state index is -4.54. The second kappa shape index (κ2) is 5.51. The van der Waals surface area contributed by atoms with E-state index in [4.69, 9.17) is 9.90 Å². The molecule has 0 aromatic heterocycles. The van der Waals surface area contributed by atoms with E-state index in [9.17, 15) is 22.8 Å². The molecule has 1 unspecified atom stereocenters. The fourth-order valence-electron chi connectivity index (χ4n) is 1.22. The highest BCUT2D eigenvalue weighted by atomic mass is 19.4. The molecule has 1 saturated heterocycles. The van der Waals surface area contributed by atoms with Crippen LogP contribution in [0.4, 0.5) is 18.0 Å². The van der Waals surface area contributed by atoms with Crippen LogP contribution in [0.25, 0.3) is 0 Å². The van der Waals surface area contributed by atoms with Crippen molar-refractivity contribution in [2.24, 2.45) is 11.7 Å². The van der Waals surface area contributed by atoms with Crippen LogP contribution in [0, 0.1) is 5.92 Å². The number of piperidine rings is 1. The molecule has 0 aliphatic carbocycles. The molecule has 1 fully saturated rings. The number of likely N-dealkylation sites (tertiary alicyclic amines) is 1. The van der Waals surface area contributed by atoms with Crippen LogP contribution in [0.3, 0.4) is 0 Å². The number of carbonyl (C=O) groups excluding carboxylic acids is 2. The Morgan fingerprint density at radius 3 is 2.24 bits per heavy atom. The van der Waals surface area contributed by atoms with Gasteiger partial charge in [-0.05, 0) is 6.42 Å². The average Bonchev–Trinajstić information content (AvgIpc) is 2.11. The van der Waals surface area contributed by atoms with Crippen molar-refractivity contribution >= 4 is 17.9 Å². The second-order valence-corrected chi connectivity index (χ2v) is 3.26. The van der Waals surface area contributed by atoms with Gasteiger partial charge in [0.1, 0.15) is 5.92 Å². The summed E-state index contributed by atoms with van der Waals surface area (Å²) >= 11 is 0. The number of primary amides is 1. The van der Waals surface area contributed by atoms with Crippen LogP contribution < -0.4 is 5.73 Å². The van der Waals surface area contributed by atoms with Crippen LogP contribution in [0.1, 0.15) is 12.8 Å². The Kier molecular flexibility index (Phi) is 4.92. The van der Waals surface area contributed by atoms with Crippen molar-refractivity contribution in [3.05, 3.63) is 0 Å². The maximum Gasteiger partial charge on any atom is 0.402 e. The van der Waals surface area contributed by atoms with Gasteiger partial charge in [0.25, 0.3) is 0 Å². The van der Waals surface area contributed by atoms with E-state index >= 15 is 0 Å². The number of alkyl halides is 3. The van der Waals surface area contributed by atoms with Gasteiger partial charge in [0.15, 0.2) is 0 Å². The highest BCUT2D eigenvalue weighted by Gasteiger charge is 2.49. The lowest BCUT2D eigenvalue weighted by atomic mass is 9.96. The summed E-state index contributed by atoms with van der Waals surface area (Å²) in [5.41, 5.74) is 4.03. The van der Waals surface area contributed by atoms with Gasteiger partial charge in [-0.15, -0.1) is 0 Å². The number of rotatable bonds is 0. The van der Waals surface area contributed by atoms with E-state index in [1.165, 1.54) is 0 Å². The third-order valence-electron chi connectivity index (χ3n) is 2.04. The van der Waals surface area contributed by atoms with E-state index in [0.29, 0.717) is 4.90 Å². The standard InChI is InChI=1S/C7H8F3NO2.CH3NO2/c1-11-5(12)3-2-4(6(11)13)7(8,9)10;2-1(3)4/h4H,2-3H2,1H3;2H2,(H,3,4). The van der Waals surface area contributed by atoms with Crippen molar-refractivity contribution in [2.45, 2.75) is 19.0 Å². The van der Waals surface area contributed by atoms with E-state index in [-0.39, 0.29) is 6.42 Å². The summed E-state index contributed by atoms with van der Waals surface area (Å²) in [4.78, 5) is 31.1. The quantitative estimate of drug-likeness (QED) is 0.618. The Bertz CT molecular complexity index is 325. The fourth-order valence-corrected chi connectivity index (χ4v) is 1.22. The molecule has 0 aromatic carbocycles. The molecule has 9 heteroatoms. The SMILES string of the molecule is CN1C(=O)CCC(C(F)(F)F)C1=O.NC(=O)O.